The van der Waals surface area contributed by atoms with Crippen molar-refractivity contribution < 1.29 is 9.47 Å². The van der Waals surface area contributed by atoms with Gasteiger partial charge in [0.1, 0.15) is 17.1 Å². The van der Waals surface area contributed by atoms with E-state index in [1.54, 1.807) is 7.11 Å². The van der Waals surface area contributed by atoms with Gasteiger partial charge in [0.25, 0.3) is 0 Å². The molecule has 0 aliphatic carbocycles. The Hall–Kier alpha value is -1.87. The minimum atomic E-state index is -0.270. The van der Waals surface area contributed by atoms with Crippen LogP contribution < -0.4 is 9.47 Å². The minimum Gasteiger partial charge on any atom is -0.497 e. The highest BCUT2D eigenvalue weighted by Crippen LogP contribution is 2.53. The van der Waals surface area contributed by atoms with Crippen molar-refractivity contribution in [1.82, 2.24) is 0 Å². The Balaban J connectivity index is 1.87. The summed E-state index contributed by atoms with van der Waals surface area (Å²) >= 11 is 1.84. The molecule has 3 heteroatoms. The van der Waals surface area contributed by atoms with Crippen LogP contribution in [0.4, 0.5) is 0 Å². The van der Waals surface area contributed by atoms with Crippen molar-refractivity contribution >= 4 is 16.7 Å². The molecule has 0 aromatic heterocycles. The zero-order chi connectivity index (χ0) is 15.3. The van der Waals surface area contributed by atoms with Crippen molar-refractivity contribution in [1.29, 1.82) is 0 Å². The lowest BCUT2D eigenvalue weighted by Crippen LogP contribution is -2.36. The number of para-hydroxylation sites is 1. The van der Waals surface area contributed by atoms with Gasteiger partial charge in [-0.25, -0.2) is 0 Å². The second-order valence-electron chi connectivity index (χ2n) is 6.17. The summed E-state index contributed by atoms with van der Waals surface area (Å²) in [4.78, 5) is 2.62. The van der Waals surface area contributed by atoms with E-state index in [1.807, 2.05) is 23.9 Å². The summed E-state index contributed by atoms with van der Waals surface area (Å²) in [5.74, 6) is 1.89. The van der Waals surface area contributed by atoms with Crippen molar-refractivity contribution in [3.8, 4) is 11.5 Å². The third kappa shape index (κ3) is 2.03. The lowest BCUT2D eigenvalue weighted by atomic mass is 9.87. The molecule has 2 aromatic carbocycles. The first-order valence-corrected chi connectivity index (χ1v) is 8.27. The number of methoxy groups -OCH3 is 1. The Bertz CT molecular complexity index is 790. The van der Waals surface area contributed by atoms with Crippen LogP contribution in [0.15, 0.2) is 52.9 Å². The van der Waals surface area contributed by atoms with Gasteiger partial charge in [0.2, 0.25) is 0 Å². The van der Waals surface area contributed by atoms with Crippen LogP contribution in [0.5, 0.6) is 11.5 Å². The van der Waals surface area contributed by atoms with Crippen LogP contribution in [0.1, 0.15) is 25.0 Å². The molecule has 2 aliphatic heterocycles. The van der Waals surface area contributed by atoms with Crippen molar-refractivity contribution in [3.63, 3.8) is 0 Å². The van der Waals surface area contributed by atoms with Crippen LogP contribution in [0.25, 0.3) is 4.91 Å². The van der Waals surface area contributed by atoms with Gasteiger partial charge in [-0.2, -0.15) is 0 Å². The molecule has 2 aliphatic rings. The molecule has 0 bridgehead atoms. The Morgan fingerprint density at radius 3 is 2.77 bits per heavy atom. The fourth-order valence-corrected chi connectivity index (χ4v) is 4.51. The maximum Gasteiger partial charge on any atom is 0.128 e. The molecular formula is C19H18O2S. The van der Waals surface area contributed by atoms with Gasteiger partial charge in [-0.1, -0.05) is 36.0 Å². The first-order valence-electron chi connectivity index (χ1n) is 7.45. The van der Waals surface area contributed by atoms with E-state index in [0.717, 1.165) is 17.9 Å². The van der Waals surface area contributed by atoms with Crippen LogP contribution in [-0.4, -0.2) is 12.7 Å². The number of thioether (sulfide) groups is 1. The van der Waals surface area contributed by atoms with Gasteiger partial charge in [-0.3, -0.25) is 0 Å². The normalized spacial score (nSPS) is 18.0. The van der Waals surface area contributed by atoms with Gasteiger partial charge in [-0.15, -0.1) is 0 Å². The van der Waals surface area contributed by atoms with Gasteiger partial charge in [-0.05, 0) is 49.6 Å². The molecule has 4 rings (SSSR count). The number of benzene rings is 2. The summed E-state index contributed by atoms with van der Waals surface area (Å²) in [6, 6.07) is 14.7. The van der Waals surface area contributed by atoms with Crippen LogP contribution in [0, 0.1) is 0 Å². The fraction of sp³-hybridized carbons (Fsp3) is 0.263. The Labute approximate surface area is 135 Å². The highest BCUT2D eigenvalue weighted by atomic mass is 32.2. The average molecular weight is 310 g/mol. The largest absolute Gasteiger partial charge is 0.497 e. The van der Waals surface area contributed by atoms with E-state index in [2.05, 4.69) is 44.2 Å². The molecule has 0 N–H and O–H groups in total. The Morgan fingerprint density at radius 1 is 1.14 bits per heavy atom. The third-order valence-electron chi connectivity index (χ3n) is 4.35. The van der Waals surface area contributed by atoms with Crippen LogP contribution in [-0.2, 0) is 6.42 Å². The number of rotatable bonds is 1. The van der Waals surface area contributed by atoms with E-state index < -0.39 is 0 Å². The van der Waals surface area contributed by atoms with Crippen molar-refractivity contribution in [2.24, 2.45) is 0 Å². The summed E-state index contributed by atoms with van der Waals surface area (Å²) in [6.07, 6.45) is 0.934. The standard InChI is InChI=1S/C19H18O2S/c1-19(2)15-10-12-8-9-13(20-3)11-17(12)22-18(15)14-6-4-5-7-16(14)21-19/h4-9,11H,10H2,1-3H3. The first kappa shape index (κ1) is 13.8. The number of ether oxygens (including phenoxy) is 2. The van der Waals surface area contributed by atoms with Gasteiger partial charge >= 0.3 is 0 Å². The third-order valence-corrected chi connectivity index (χ3v) is 5.62. The van der Waals surface area contributed by atoms with Crippen LogP contribution in [0.2, 0.25) is 0 Å². The van der Waals surface area contributed by atoms with Gasteiger partial charge < -0.3 is 9.47 Å². The number of fused-ring (bicyclic) bond motifs is 3. The molecule has 0 saturated heterocycles. The van der Waals surface area contributed by atoms with Gasteiger partial charge in [0, 0.05) is 15.4 Å². The highest BCUT2D eigenvalue weighted by Gasteiger charge is 2.37. The molecule has 0 spiro atoms. The molecule has 0 saturated carbocycles. The maximum atomic E-state index is 6.25. The fourth-order valence-electron chi connectivity index (χ4n) is 3.13. The molecular weight excluding hydrogens is 292 g/mol. The maximum absolute atomic E-state index is 6.25. The summed E-state index contributed by atoms with van der Waals surface area (Å²) in [7, 11) is 1.72. The van der Waals surface area contributed by atoms with E-state index in [1.165, 1.54) is 26.5 Å². The predicted octanol–water partition coefficient (Wildman–Crippen LogP) is 4.93. The molecule has 0 amide bonds. The summed E-state index contributed by atoms with van der Waals surface area (Å²) in [5.41, 5.74) is 3.65. The summed E-state index contributed by atoms with van der Waals surface area (Å²) in [6.45, 7) is 4.32. The van der Waals surface area contributed by atoms with Crippen molar-refractivity contribution in [2.45, 2.75) is 30.8 Å². The lowest BCUT2D eigenvalue weighted by molar-refractivity contribution is 0.142. The summed E-state index contributed by atoms with van der Waals surface area (Å²) in [5, 5.41) is 0. The SMILES string of the molecule is COc1ccc2c(c1)SC1=C(C2)C(C)(C)Oc2ccccc21. The van der Waals surface area contributed by atoms with Crippen LogP contribution >= 0.6 is 11.8 Å². The van der Waals surface area contributed by atoms with Crippen LogP contribution in [0.3, 0.4) is 0 Å². The van der Waals surface area contributed by atoms with E-state index in [4.69, 9.17) is 9.47 Å². The minimum absolute atomic E-state index is 0.270. The smallest absolute Gasteiger partial charge is 0.128 e. The lowest BCUT2D eigenvalue weighted by Gasteiger charge is -2.39. The van der Waals surface area contributed by atoms with Gasteiger partial charge in [0.05, 0.1) is 7.11 Å². The quantitative estimate of drug-likeness (QED) is 0.744. The molecule has 2 nitrogen and oxygen atoms in total. The van der Waals surface area contributed by atoms with Gasteiger partial charge in [0.15, 0.2) is 0 Å². The average Bonchev–Trinajstić information content (AvgIpc) is 2.52. The molecule has 0 atom stereocenters. The predicted molar refractivity (Wildman–Crippen MR) is 90.6 cm³/mol. The summed E-state index contributed by atoms with van der Waals surface area (Å²) < 4.78 is 11.6. The zero-order valence-electron chi connectivity index (χ0n) is 13.0. The zero-order valence-corrected chi connectivity index (χ0v) is 13.8. The Morgan fingerprint density at radius 2 is 1.95 bits per heavy atom. The Kier molecular flexibility index (Phi) is 3.01. The molecule has 2 aromatic rings. The number of hydrogen-bond donors (Lipinski definition) is 0. The molecule has 22 heavy (non-hydrogen) atoms. The van der Waals surface area contributed by atoms with E-state index in [0.29, 0.717) is 0 Å². The van der Waals surface area contributed by atoms with Crippen molar-refractivity contribution in [3.05, 3.63) is 59.2 Å². The molecule has 112 valence electrons. The van der Waals surface area contributed by atoms with E-state index >= 15 is 0 Å². The molecule has 2 heterocycles. The van der Waals surface area contributed by atoms with E-state index in [9.17, 15) is 0 Å². The van der Waals surface area contributed by atoms with E-state index in [-0.39, 0.29) is 5.60 Å². The second-order valence-corrected chi connectivity index (χ2v) is 7.22. The van der Waals surface area contributed by atoms with Crippen molar-refractivity contribution in [2.75, 3.05) is 7.11 Å². The molecule has 0 unspecified atom stereocenters. The monoisotopic (exact) mass is 310 g/mol. The first-order chi connectivity index (χ1) is 10.6. The highest BCUT2D eigenvalue weighted by molar-refractivity contribution is 8.08. The second kappa shape index (κ2) is 4.82. The molecule has 0 fully saturated rings. The number of hydrogen-bond acceptors (Lipinski definition) is 3. The topological polar surface area (TPSA) is 18.5 Å². The molecule has 0 radical (unpaired) electrons.